The number of Topliss-reactive ketones (excluding diaryl/α,β-unsaturated/α-hetero) is 1. The smallest absolute Gasteiger partial charge is 0.166 e. The van der Waals surface area contributed by atoms with Gasteiger partial charge in [-0.25, -0.2) is 4.98 Å². The number of aryl methyl sites for hydroxylation is 2. The first-order valence-electron chi connectivity index (χ1n) is 9.91. The SMILES string of the molecule is CCC(CC)C(=O)c1cc(C2CCC(Nc3cn(C)cn3)C2)ccc1C. The number of ketones is 1. The lowest BCUT2D eigenvalue weighted by Crippen LogP contribution is -2.16. The van der Waals surface area contributed by atoms with Crippen LogP contribution < -0.4 is 5.32 Å². The van der Waals surface area contributed by atoms with E-state index in [9.17, 15) is 4.79 Å². The number of carbonyl (C=O) groups excluding carboxylic acids is 1. The molecule has 0 aliphatic heterocycles. The molecule has 0 spiro atoms. The average Bonchev–Trinajstić information content (AvgIpc) is 3.26. The van der Waals surface area contributed by atoms with Crippen molar-refractivity contribution in [3.8, 4) is 0 Å². The first kappa shape index (κ1) is 18.7. The Kier molecular flexibility index (Phi) is 5.80. The molecule has 140 valence electrons. The van der Waals surface area contributed by atoms with Gasteiger partial charge in [-0.3, -0.25) is 4.79 Å². The van der Waals surface area contributed by atoms with Crippen LogP contribution in [0.15, 0.2) is 30.7 Å². The van der Waals surface area contributed by atoms with Gasteiger partial charge >= 0.3 is 0 Å². The summed E-state index contributed by atoms with van der Waals surface area (Å²) >= 11 is 0. The molecule has 4 heteroatoms. The molecule has 1 aliphatic carbocycles. The first-order chi connectivity index (χ1) is 12.5. The fourth-order valence-corrected chi connectivity index (χ4v) is 4.15. The molecule has 4 nitrogen and oxygen atoms in total. The van der Waals surface area contributed by atoms with Gasteiger partial charge in [0.25, 0.3) is 0 Å². The van der Waals surface area contributed by atoms with Crippen molar-refractivity contribution in [1.82, 2.24) is 9.55 Å². The number of nitrogens with zero attached hydrogens (tertiary/aromatic N) is 2. The maximum absolute atomic E-state index is 12.9. The van der Waals surface area contributed by atoms with Crippen LogP contribution in [0.5, 0.6) is 0 Å². The van der Waals surface area contributed by atoms with Crippen LogP contribution in [0, 0.1) is 12.8 Å². The zero-order valence-electron chi connectivity index (χ0n) is 16.5. The minimum atomic E-state index is 0.145. The van der Waals surface area contributed by atoms with Gasteiger partial charge in [-0.1, -0.05) is 26.0 Å². The van der Waals surface area contributed by atoms with E-state index in [0.717, 1.165) is 49.0 Å². The Morgan fingerprint density at radius 2 is 2.08 bits per heavy atom. The summed E-state index contributed by atoms with van der Waals surface area (Å²) in [5, 5.41) is 3.55. The molecule has 1 fully saturated rings. The van der Waals surface area contributed by atoms with Crippen LogP contribution in [-0.4, -0.2) is 21.4 Å². The molecule has 0 bridgehead atoms. The summed E-state index contributed by atoms with van der Waals surface area (Å²) in [6.07, 6.45) is 9.07. The van der Waals surface area contributed by atoms with E-state index in [2.05, 4.69) is 49.3 Å². The first-order valence-corrected chi connectivity index (χ1v) is 9.91. The van der Waals surface area contributed by atoms with E-state index in [1.807, 2.05) is 24.1 Å². The molecule has 1 aromatic heterocycles. The number of aromatic nitrogens is 2. The number of nitrogens with one attached hydrogen (secondary N) is 1. The molecule has 1 aliphatic rings. The molecule has 2 atom stereocenters. The number of carbonyl (C=O) groups is 1. The Bertz CT molecular complexity index is 760. The lowest BCUT2D eigenvalue weighted by atomic mass is 9.87. The number of benzene rings is 1. The third kappa shape index (κ3) is 4.00. The maximum atomic E-state index is 12.9. The van der Waals surface area contributed by atoms with Crippen LogP contribution in [-0.2, 0) is 7.05 Å². The second-order valence-corrected chi connectivity index (χ2v) is 7.73. The molecule has 1 N–H and O–H groups in total. The summed E-state index contributed by atoms with van der Waals surface area (Å²) in [5.41, 5.74) is 3.35. The number of imidazole rings is 1. The molecular weight excluding hydrogens is 322 g/mol. The zero-order valence-corrected chi connectivity index (χ0v) is 16.5. The van der Waals surface area contributed by atoms with Gasteiger partial charge in [0.15, 0.2) is 5.78 Å². The van der Waals surface area contributed by atoms with E-state index in [1.54, 1.807) is 0 Å². The van der Waals surface area contributed by atoms with Crippen LogP contribution in [0.25, 0.3) is 0 Å². The van der Waals surface area contributed by atoms with Crippen molar-refractivity contribution >= 4 is 11.6 Å². The van der Waals surface area contributed by atoms with Gasteiger partial charge in [0.1, 0.15) is 5.82 Å². The molecule has 26 heavy (non-hydrogen) atoms. The summed E-state index contributed by atoms with van der Waals surface area (Å²) in [5.74, 6) is 1.93. The van der Waals surface area contributed by atoms with Gasteiger partial charge in [-0.2, -0.15) is 0 Å². The van der Waals surface area contributed by atoms with Crippen molar-refractivity contribution in [2.24, 2.45) is 13.0 Å². The van der Waals surface area contributed by atoms with Crippen LogP contribution in [0.4, 0.5) is 5.82 Å². The van der Waals surface area contributed by atoms with Crippen LogP contribution in [0.3, 0.4) is 0 Å². The van der Waals surface area contributed by atoms with Gasteiger partial charge in [-0.05, 0) is 62.1 Å². The van der Waals surface area contributed by atoms with Crippen LogP contribution in [0.2, 0.25) is 0 Å². The monoisotopic (exact) mass is 353 g/mol. The molecule has 1 heterocycles. The number of anilines is 1. The van der Waals surface area contributed by atoms with Crippen molar-refractivity contribution in [2.45, 2.75) is 64.8 Å². The topological polar surface area (TPSA) is 46.9 Å². The quantitative estimate of drug-likeness (QED) is 0.705. The van der Waals surface area contributed by atoms with Gasteiger partial charge in [0.2, 0.25) is 0 Å². The van der Waals surface area contributed by atoms with Crippen LogP contribution >= 0.6 is 0 Å². The van der Waals surface area contributed by atoms with E-state index >= 15 is 0 Å². The largest absolute Gasteiger partial charge is 0.366 e. The van der Waals surface area contributed by atoms with Gasteiger partial charge < -0.3 is 9.88 Å². The fraction of sp³-hybridized carbons (Fsp3) is 0.545. The molecule has 0 saturated heterocycles. The zero-order chi connectivity index (χ0) is 18.7. The van der Waals surface area contributed by atoms with Crippen molar-refractivity contribution in [1.29, 1.82) is 0 Å². The predicted octanol–water partition coefficient (Wildman–Crippen LogP) is 5.10. The summed E-state index contributed by atoms with van der Waals surface area (Å²) < 4.78 is 1.96. The molecule has 1 aromatic carbocycles. The van der Waals surface area contributed by atoms with Gasteiger partial charge in [0, 0.05) is 30.8 Å². The summed E-state index contributed by atoms with van der Waals surface area (Å²) in [6, 6.07) is 6.97. The minimum Gasteiger partial charge on any atom is -0.366 e. The highest BCUT2D eigenvalue weighted by Gasteiger charge is 2.27. The number of hydrogen-bond donors (Lipinski definition) is 1. The number of rotatable bonds is 7. The highest BCUT2D eigenvalue weighted by Crippen LogP contribution is 2.36. The molecule has 1 saturated carbocycles. The Morgan fingerprint density at radius 1 is 1.31 bits per heavy atom. The Balaban J connectivity index is 1.72. The van der Waals surface area contributed by atoms with E-state index < -0.39 is 0 Å². The van der Waals surface area contributed by atoms with Gasteiger partial charge in [0.05, 0.1) is 6.33 Å². The third-order valence-electron chi connectivity index (χ3n) is 5.84. The highest BCUT2D eigenvalue weighted by atomic mass is 16.1. The lowest BCUT2D eigenvalue weighted by Gasteiger charge is -2.17. The number of hydrogen-bond acceptors (Lipinski definition) is 3. The maximum Gasteiger partial charge on any atom is 0.166 e. The van der Waals surface area contributed by atoms with Crippen molar-refractivity contribution < 1.29 is 4.79 Å². The molecule has 2 aromatic rings. The van der Waals surface area contributed by atoms with Crippen LogP contribution in [0.1, 0.15) is 73.4 Å². The second-order valence-electron chi connectivity index (χ2n) is 7.73. The Morgan fingerprint density at radius 3 is 2.73 bits per heavy atom. The predicted molar refractivity (Wildman–Crippen MR) is 107 cm³/mol. The molecule has 0 radical (unpaired) electrons. The van der Waals surface area contributed by atoms with Crippen molar-refractivity contribution in [2.75, 3.05) is 5.32 Å². The minimum absolute atomic E-state index is 0.145. The molecule has 3 rings (SSSR count). The molecular formula is C22H31N3O. The van der Waals surface area contributed by atoms with E-state index in [0.29, 0.717) is 17.7 Å². The second kappa shape index (κ2) is 8.07. The van der Waals surface area contributed by atoms with Crippen molar-refractivity contribution in [3.63, 3.8) is 0 Å². The average molecular weight is 354 g/mol. The standard InChI is InChI=1S/C22H31N3O/c1-5-16(6-2)22(26)20-12-18(8-7-15(20)3)17-9-10-19(11-17)24-21-13-25(4)14-23-21/h7-8,12-14,16-17,19,24H,5-6,9-11H2,1-4H3. The Hall–Kier alpha value is -2.10. The third-order valence-corrected chi connectivity index (χ3v) is 5.84. The lowest BCUT2D eigenvalue weighted by molar-refractivity contribution is 0.0912. The molecule has 0 amide bonds. The normalized spacial score (nSPS) is 19.9. The van der Waals surface area contributed by atoms with Crippen molar-refractivity contribution in [3.05, 3.63) is 47.4 Å². The summed E-state index contributed by atoms with van der Waals surface area (Å²) in [4.78, 5) is 17.3. The summed E-state index contributed by atoms with van der Waals surface area (Å²) in [6.45, 7) is 6.27. The highest BCUT2D eigenvalue weighted by molar-refractivity contribution is 5.99. The summed E-state index contributed by atoms with van der Waals surface area (Å²) in [7, 11) is 1.99. The molecule has 2 unspecified atom stereocenters. The van der Waals surface area contributed by atoms with E-state index in [4.69, 9.17) is 0 Å². The fourth-order valence-electron chi connectivity index (χ4n) is 4.15. The Labute approximate surface area is 157 Å². The van der Waals surface area contributed by atoms with E-state index in [-0.39, 0.29) is 5.92 Å². The van der Waals surface area contributed by atoms with E-state index in [1.165, 1.54) is 5.56 Å². The van der Waals surface area contributed by atoms with Gasteiger partial charge in [-0.15, -0.1) is 0 Å².